The fourth-order valence-corrected chi connectivity index (χ4v) is 4.26. The summed E-state index contributed by atoms with van der Waals surface area (Å²) in [4.78, 5) is 22.1. The zero-order valence-corrected chi connectivity index (χ0v) is 20.5. The van der Waals surface area contributed by atoms with Crippen molar-refractivity contribution in [3.63, 3.8) is 0 Å². The number of nitrogens with one attached hydrogen (secondary N) is 1. The summed E-state index contributed by atoms with van der Waals surface area (Å²) in [6.07, 6.45) is 2.25. The average Bonchev–Trinajstić information content (AvgIpc) is 2.95. The maximum atomic E-state index is 12.6. The highest BCUT2D eigenvalue weighted by atomic mass is 16.5. The number of benzene rings is 3. The first-order chi connectivity index (χ1) is 18.2. The third-order valence-corrected chi connectivity index (χ3v) is 6.19. The van der Waals surface area contributed by atoms with Crippen molar-refractivity contribution >= 4 is 23.2 Å². The van der Waals surface area contributed by atoms with Crippen molar-refractivity contribution in [2.45, 2.75) is 12.5 Å². The van der Waals surface area contributed by atoms with E-state index in [4.69, 9.17) is 15.5 Å². The highest BCUT2D eigenvalue weighted by Gasteiger charge is 2.23. The van der Waals surface area contributed by atoms with Crippen molar-refractivity contribution in [1.82, 2.24) is 15.0 Å². The molecule has 5 rings (SSSR count). The molecular weight excluding hydrogens is 464 g/mol. The van der Waals surface area contributed by atoms with Gasteiger partial charge in [-0.3, -0.25) is 4.79 Å². The molecule has 1 saturated heterocycles. The monoisotopic (exact) mass is 494 g/mol. The summed E-state index contributed by atoms with van der Waals surface area (Å²) in [5, 5.41) is 7.17. The molecule has 8 heteroatoms. The van der Waals surface area contributed by atoms with Gasteiger partial charge in [-0.05, 0) is 42.3 Å². The molecule has 1 fully saturated rings. The summed E-state index contributed by atoms with van der Waals surface area (Å²) >= 11 is 0. The van der Waals surface area contributed by atoms with E-state index in [1.54, 1.807) is 6.20 Å². The zero-order valence-electron chi connectivity index (χ0n) is 20.5. The van der Waals surface area contributed by atoms with Gasteiger partial charge in [-0.15, -0.1) is 0 Å². The molecule has 2 heterocycles. The average molecular weight is 495 g/mol. The lowest BCUT2D eigenvalue weighted by Crippen LogP contribution is -2.47. The van der Waals surface area contributed by atoms with E-state index >= 15 is 0 Å². The number of carbonyl (C=O) groups is 1. The molecule has 1 aliphatic heterocycles. The minimum absolute atomic E-state index is 0.218. The van der Waals surface area contributed by atoms with Gasteiger partial charge in [-0.2, -0.15) is 0 Å². The number of nitrogens with zero attached hydrogens (tertiary/aromatic N) is 4. The Labute approximate surface area is 216 Å². The van der Waals surface area contributed by atoms with E-state index in [0.717, 1.165) is 35.6 Å². The maximum absolute atomic E-state index is 12.6. The van der Waals surface area contributed by atoms with Crippen LogP contribution in [-0.4, -0.2) is 53.2 Å². The molecule has 0 aliphatic carbocycles. The number of amides is 1. The Hall–Kier alpha value is -4.11. The van der Waals surface area contributed by atoms with E-state index in [2.05, 4.69) is 20.3 Å². The summed E-state index contributed by atoms with van der Waals surface area (Å²) in [5.74, 6) is 0.375. The minimum atomic E-state index is -0.629. The number of morpholine rings is 1. The Balaban J connectivity index is 1.31. The molecule has 0 spiro atoms. The quantitative estimate of drug-likeness (QED) is 0.382. The second kappa shape index (κ2) is 11.7. The predicted molar refractivity (Wildman–Crippen MR) is 145 cm³/mol. The predicted octanol–water partition coefficient (Wildman–Crippen LogP) is 4.04. The number of carbonyl (C=O) groups excluding carboxylic acids is 1. The first-order valence-electron chi connectivity index (χ1n) is 12.4. The normalized spacial score (nSPS) is 14.6. The van der Waals surface area contributed by atoms with Crippen LogP contribution in [0.1, 0.15) is 5.56 Å². The first kappa shape index (κ1) is 24.6. The lowest BCUT2D eigenvalue weighted by Gasteiger charge is -2.37. The fourth-order valence-electron chi connectivity index (χ4n) is 4.26. The van der Waals surface area contributed by atoms with Gasteiger partial charge in [-0.1, -0.05) is 60.7 Å². The lowest BCUT2D eigenvalue weighted by molar-refractivity contribution is -0.117. The molecule has 0 saturated carbocycles. The summed E-state index contributed by atoms with van der Waals surface area (Å²) in [6.45, 7) is 2.82. The molecule has 1 aliphatic rings. The topological polar surface area (TPSA) is 96.6 Å². The van der Waals surface area contributed by atoms with E-state index in [0.29, 0.717) is 31.3 Å². The SMILES string of the molecule is N[C@H](Cc1ccccc1)C(=O)Nc1ccc(-c2ccnc(N(c3ccccc3)N3CCOCC3)n2)cc1. The number of hydrogen-bond donors (Lipinski definition) is 2. The van der Waals surface area contributed by atoms with Gasteiger partial charge in [0, 0.05) is 30.5 Å². The first-order valence-corrected chi connectivity index (χ1v) is 12.4. The molecule has 0 radical (unpaired) electrons. The summed E-state index contributed by atoms with van der Waals surface area (Å²) in [7, 11) is 0. The molecule has 4 aromatic rings. The van der Waals surface area contributed by atoms with Crippen molar-refractivity contribution in [1.29, 1.82) is 0 Å². The number of para-hydroxylation sites is 1. The van der Waals surface area contributed by atoms with Gasteiger partial charge >= 0.3 is 0 Å². The van der Waals surface area contributed by atoms with Crippen LogP contribution in [0.5, 0.6) is 0 Å². The van der Waals surface area contributed by atoms with Crippen LogP contribution < -0.4 is 16.1 Å². The van der Waals surface area contributed by atoms with Crippen molar-refractivity contribution in [2.24, 2.45) is 5.73 Å². The largest absolute Gasteiger partial charge is 0.379 e. The van der Waals surface area contributed by atoms with Gasteiger partial charge in [0.25, 0.3) is 0 Å². The Morgan fingerprint density at radius 2 is 1.62 bits per heavy atom. The molecule has 0 unspecified atom stereocenters. The second-order valence-corrected chi connectivity index (χ2v) is 8.82. The van der Waals surface area contributed by atoms with Crippen LogP contribution in [0.25, 0.3) is 11.3 Å². The van der Waals surface area contributed by atoms with Gasteiger partial charge in [0.1, 0.15) is 0 Å². The van der Waals surface area contributed by atoms with Crippen LogP contribution in [0.15, 0.2) is 97.2 Å². The molecule has 3 aromatic carbocycles. The number of hydrazine groups is 1. The van der Waals surface area contributed by atoms with Gasteiger partial charge in [0.15, 0.2) is 0 Å². The van der Waals surface area contributed by atoms with E-state index in [1.807, 2.05) is 91.0 Å². The molecule has 0 bridgehead atoms. The van der Waals surface area contributed by atoms with Gasteiger partial charge in [0.2, 0.25) is 11.9 Å². The van der Waals surface area contributed by atoms with Gasteiger partial charge < -0.3 is 15.8 Å². The molecule has 37 heavy (non-hydrogen) atoms. The van der Waals surface area contributed by atoms with E-state index in [-0.39, 0.29) is 5.91 Å². The second-order valence-electron chi connectivity index (χ2n) is 8.82. The Bertz CT molecular complexity index is 1300. The Kier molecular flexibility index (Phi) is 7.81. The third-order valence-electron chi connectivity index (χ3n) is 6.19. The fraction of sp³-hybridized carbons (Fsp3) is 0.207. The summed E-state index contributed by atoms with van der Waals surface area (Å²) in [5.41, 5.74) is 10.5. The van der Waals surface area contributed by atoms with Crippen LogP contribution in [0.3, 0.4) is 0 Å². The zero-order chi connectivity index (χ0) is 25.5. The number of ether oxygens (including phenoxy) is 1. The summed E-state index contributed by atoms with van der Waals surface area (Å²) in [6, 6.07) is 28.7. The number of nitrogens with two attached hydrogens (primary N) is 1. The van der Waals surface area contributed by atoms with Gasteiger partial charge in [-0.25, -0.2) is 20.0 Å². The molecule has 1 amide bonds. The Morgan fingerprint density at radius 1 is 0.946 bits per heavy atom. The number of rotatable bonds is 8. The molecule has 1 aromatic heterocycles. The number of aromatic nitrogens is 2. The molecular formula is C29H30N6O2. The van der Waals surface area contributed by atoms with Crippen LogP contribution >= 0.6 is 0 Å². The van der Waals surface area contributed by atoms with Crippen molar-refractivity contribution in [3.05, 3.63) is 103 Å². The Morgan fingerprint density at radius 3 is 2.32 bits per heavy atom. The lowest BCUT2D eigenvalue weighted by atomic mass is 10.1. The standard InChI is InChI=1S/C29H30N6O2/c30-26(21-22-7-3-1-4-8-22)28(36)32-24-13-11-23(12-14-24)27-15-16-31-29(33-27)35(25-9-5-2-6-10-25)34-17-19-37-20-18-34/h1-16,26H,17-21,30H2,(H,32,36)/t26-/m1/s1. The minimum Gasteiger partial charge on any atom is -0.379 e. The molecule has 1 atom stereocenters. The number of hydrogen-bond acceptors (Lipinski definition) is 7. The van der Waals surface area contributed by atoms with Crippen LogP contribution in [0.2, 0.25) is 0 Å². The van der Waals surface area contributed by atoms with E-state index in [1.165, 1.54) is 0 Å². The highest BCUT2D eigenvalue weighted by molar-refractivity contribution is 5.95. The third kappa shape index (κ3) is 6.18. The highest BCUT2D eigenvalue weighted by Crippen LogP contribution is 2.27. The number of anilines is 3. The maximum Gasteiger partial charge on any atom is 0.245 e. The van der Waals surface area contributed by atoms with E-state index < -0.39 is 6.04 Å². The van der Waals surface area contributed by atoms with Crippen LogP contribution in [-0.2, 0) is 16.0 Å². The van der Waals surface area contributed by atoms with Crippen molar-refractivity contribution in [3.8, 4) is 11.3 Å². The smallest absolute Gasteiger partial charge is 0.245 e. The van der Waals surface area contributed by atoms with Crippen molar-refractivity contribution < 1.29 is 9.53 Å². The van der Waals surface area contributed by atoms with E-state index in [9.17, 15) is 4.79 Å². The molecule has 188 valence electrons. The van der Waals surface area contributed by atoms with Crippen LogP contribution in [0, 0.1) is 0 Å². The summed E-state index contributed by atoms with van der Waals surface area (Å²) < 4.78 is 5.55. The van der Waals surface area contributed by atoms with Crippen molar-refractivity contribution in [2.75, 3.05) is 36.6 Å². The van der Waals surface area contributed by atoms with Gasteiger partial charge in [0.05, 0.1) is 30.6 Å². The molecule has 3 N–H and O–H groups in total. The molecule has 8 nitrogen and oxygen atoms in total. The van der Waals surface area contributed by atoms with Crippen LogP contribution in [0.4, 0.5) is 17.3 Å².